The van der Waals surface area contributed by atoms with Gasteiger partial charge in [0, 0.05) is 0 Å². The molecule has 2 N–H and O–H groups in total. The van der Waals surface area contributed by atoms with E-state index in [1.165, 1.54) is 18.2 Å². The zero-order valence-electron chi connectivity index (χ0n) is 5.60. The first-order valence-electron chi connectivity index (χ1n) is 2.87. The Labute approximate surface area is 58.4 Å². The van der Waals surface area contributed by atoms with Gasteiger partial charge in [0.2, 0.25) is 0 Å². The minimum absolute atomic E-state index is 0.279. The van der Waals surface area contributed by atoms with E-state index in [9.17, 15) is 4.39 Å². The molecule has 0 aromatic heterocycles. The summed E-state index contributed by atoms with van der Waals surface area (Å²) in [5.41, 5.74) is 0.697. The lowest BCUT2D eigenvalue weighted by Gasteiger charge is -2.00. The molecule has 0 atom stereocenters. The van der Waals surface area contributed by atoms with Crippen molar-refractivity contribution in [2.75, 3.05) is 0 Å². The largest absolute Gasteiger partial charge is 0.411 e. The Bertz CT molecular complexity index is 237. The predicted octanol–water partition coefficient (Wildman–Crippen LogP) is 1.39. The van der Waals surface area contributed by atoms with Crippen molar-refractivity contribution in [1.29, 1.82) is 0 Å². The van der Waals surface area contributed by atoms with Gasteiger partial charge in [0.15, 0.2) is 0 Å². The average molecular weight is 141 g/mol. The molecule has 3 heteroatoms. The fourth-order valence-corrected chi connectivity index (χ4v) is 0.745. The van der Waals surface area contributed by atoms with Crippen LogP contribution < -0.4 is 10.7 Å². The standard InChI is InChI=1S/C7H8FNO/c1-5-4-6(8)2-3-7(5)10-9/h2-4H,9H2,1H3. The summed E-state index contributed by atoms with van der Waals surface area (Å²) in [5, 5.41) is 0. The summed E-state index contributed by atoms with van der Waals surface area (Å²) in [6.07, 6.45) is 0. The highest BCUT2D eigenvalue weighted by Gasteiger charge is 1.97. The Balaban J connectivity index is 3.07. The van der Waals surface area contributed by atoms with Gasteiger partial charge >= 0.3 is 0 Å². The number of benzene rings is 1. The lowest BCUT2D eigenvalue weighted by atomic mass is 10.2. The summed E-state index contributed by atoms with van der Waals surface area (Å²) in [7, 11) is 0. The van der Waals surface area contributed by atoms with Gasteiger partial charge in [-0.15, -0.1) is 0 Å². The Kier molecular flexibility index (Phi) is 1.87. The first-order valence-corrected chi connectivity index (χ1v) is 2.87. The minimum atomic E-state index is -0.279. The minimum Gasteiger partial charge on any atom is -0.411 e. The molecule has 0 fully saturated rings. The van der Waals surface area contributed by atoms with E-state index in [-0.39, 0.29) is 5.82 Å². The monoisotopic (exact) mass is 141 g/mol. The smallest absolute Gasteiger partial charge is 0.149 e. The van der Waals surface area contributed by atoms with E-state index >= 15 is 0 Å². The predicted molar refractivity (Wildman–Crippen MR) is 36.0 cm³/mol. The first kappa shape index (κ1) is 7.02. The normalized spacial score (nSPS) is 9.50. The summed E-state index contributed by atoms with van der Waals surface area (Å²) in [6.45, 7) is 1.73. The number of rotatable bonds is 1. The summed E-state index contributed by atoms with van der Waals surface area (Å²) < 4.78 is 12.4. The van der Waals surface area contributed by atoms with E-state index in [2.05, 4.69) is 4.84 Å². The number of halogens is 1. The summed E-state index contributed by atoms with van der Waals surface area (Å²) in [5.74, 6) is 5.10. The lowest BCUT2D eigenvalue weighted by Crippen LogP contribution is -2.03. The molecule has 10 heavy (non-hydrogen) atoms. The number of aryl methyl sites for hydroxylation is 1. The maximum Gasteiger partial charge on any atom is 0.149 e. The quantitative estimate of drug-likeness (QED) is 0.600. The molecule has 0 aliphatic heterocycles. The molecule has 54 valence electrons. The zero-order valence-corrected chi connectivity index (χ0v) is 5.60. The fraction of sp³-hybridized carbons (Fsp3) is 0.143. The van der Waals surface area contributed by atoms with Crippen LogP contribution in [-0.2, 0) is 0 Å². The molecule has 1 rings (SSSR count). The van der Waals surface area contributed by atoms with E-state index in [4.69, 9.17) is 5.90 Å². The number of hydrogen-bond acceptors (Lipinski definition) is 2. The SMILES string of the molecule is Cc1cc(F)ccc1ON. The molecule has 0 radical (unpaired) electrons. The Morgan fingerprint density at radius 2 is 2.20 bits per heavy atom. The average Bonchev–Trinajstić information content (AvgIpc) is 1.88. The van der Waals surface area contributed by atoms with Crippen LogP contribution in [0.5, 0.6) is 5.75 Å². The van der Waals surface area contributed by atoms with E-state index < -0.39 is 0 Å². The van der Waals surface area contributed by atoms with Gasteiger partial charge in [0.25, 0.3) is 0 Å². The van der Waals surface area contributed by atoms with Crippen LogP contribution in [0.25, 0.3) is 0 Å². The molecule has 0 spiro atoms. The van der Waals surface area contributed by atoms with Crippen LogP contribution in [0.15, 0.2) is 18.2 Å². The molecule has 1 aromatic rings. The second kappa shape index (κ2) is 2.66. The third kappa shape index (κ3) is 1.25. The second-order valence-corrected chi connectivity index (χ2v) is 2.03. The maximum absolute atomic E-state index is 12.4. The van der Waals surface area contributed by atoms with Crippen molar-refractivity contribution in [3.63, 3.8) is 0 Å². The van der Waals surface area contributed by atoms with Crippen LogP contribution in [0.1, 0.15) is 5.56 Å². The molecule has 0 bridgehead atoms. The summed E-state index contributed by atoms with van der Waals surface area (Å²) in [6, 6.07) is 4.15. The molecule has 0 aliphatic carbocycles. The van der Waals surface area contributed by atoms with Crippen LogP contribution in [0.4, 0.5) is 4.39 Å². The van der Waals surface area contributed by atoms with Crippen LogP contribution in [0, 0.1) is 12.7 Å². The van der Waals surface area contributed by atoms with E-state index in [0.29, 0.717) is 11.3 Å². The van der Waals surface area contributed by atoms with E-state index in [1.54, 1.807) is 6.92 Å². The van der Waals surface area contributed by atoms with Crippen molar-refractivity contribution in [3.8, 4) is 5.75 Å². The van der Waals surface area contributed by atoms with Gasteiger partial charge in [-0.2, -0.15) is 5.90 Å². The number of nitrogens with two attached hydrogens (primary N) is 1. The number of hydrogen-bond donors (Lipinski definition) is 1. The van der Waals surface area contributed by atoms with E-state index in [1.807, 2.05) is 0 Å². The molecular formula is C7H8FNO. The van der Waals surface area contributed by atoms with Gasteiger partial charge < -0.3 is 4.84 Å². The summed E-state index contributed by atoms with van der Waals surface area (Å²) >= 11 is 0. The molecule has 0 saturated carbocycles. The topological polar surface area (TPSA) is 35.2 Å². The fourth-order valence-electron chi connectivity index (χ4n) is 0.745. The van der Waals surface area contributed by atoms with Gasteiger partial charge in [-0.25, -0.2) is 4.39 Å². The van der Waals surface area contributed by atoms with Crippen molar-refractivity contribution < 1.29 is 9.23 Å². The molecule has 0 amide bonds. The summed E-state index contributed by atoms with van der Waals surface area (Å²) in [4.78, 5) is 4.43. The van der Waals surface area contributed by atoms with Gasteiger partial charge in [-0.05, 0) is 30.7 Å². The Morgan fingerprint density at radius 1 is 1.50 bits per heavy atom. The molecular weight excluding hydrogens is 133 g/mol. The molecule has 1 aromatic carbocycles. The molecule has 0 saturated heterocycles. The second-order valence-electron chi connectivity index (χ2n) is 2.03. The van der Waals surface area contributed by atoms with Crippen molar-refractivity contribution in [2.24, 2.45) is 5.90 Å². The molecule has 0 heterocycles. The van der Waals surface area contributed by atoms with Gasteiger partial charge in [-0.3, -0.25) is 0 Å². The molecule has 0 unspecified atom stereocenters. The lowest BCUT2D eigenvalue weighted by molar-refractivity contribution is 0.331. The Morgan fingerprint density at radius 3 is 2.70 bits per heavy atom. The third-order valence-corrected chi connectivity index (χ3v) is 1.26. The first-order chi connectivity index (χ1) is 4.74. The van der Waals surface area contributed by atoms with Crippen molar-refractivity contribution in [1.82, 2.24) is 0 Å². The van der Waals surface area contributed by atoms with Gasteiger partial charge in [-0.1, -0.05) is 0 Å². The van der Waals surface area contributed by atoms with Crippen molar-refractivity contribution >= 4 is 0 Å². The van der Waals surface area contributed by atoms with Crippen LogP contribution in [0.3, 0.4) is 0 Å². The zero-order chi connectivity index (χ0) is 7.56. The van der Waals surface area contributed by atoms with Gasteiger partial charge in [0.1, 0.15) is 11.6 Å². The molecule has 2 nitrogen and oxygen atoms in total. The van der Waals surface area contributed by atoms with Gasteiger partial charge in [0.05, 0.1) is 0 Å². The third-order valence-electron chi connectivity index (χ3n) is 1.26. The highest BCUT2D eigenvalue weighted by atomic mass is 19.1. The highest BCUT2D eigenvalue weighted by Crippen LogP contribution is 2.16. The molecule has 0 aliphatic rings. The Hall–Kier alpha value is -1.09. The maximum atomic E-state index is 12.4. The highest BCUT2D eigenvalue weighted by molar-refractivity contribution is 5.32. The van der Waals surface area contributed by atoms with Crippen LogP contribution in [-0.4, -0.2) is 0 Å². The van der Waals surface area contributed by atoms with Crippen LogP contribution in [0.2, 0.25) is 0 Å². The van der Waals surface area contributed by atoms with E-state index in [0.717, 1.165) is 0 Å². The van der Waals surface area contributed by atoms with Crippen molar-refractivity contribution in [2.45, 2.75) is 6.92 Å². The van der Waals surface area contributed by atoms with Crippen LogP contribution >= 0.6 is 0 Å². The van der Waals surface area contributed by atoms with Crippen molar-refractivity contribution in [3.05, 3.63) is 29.6 Å².